The first-order chi connectivity index (χ1) is 24.4. The summed E-state index contributed by atoms with van der Waals surface area (Å²) in [7, 11) is 5.52. The van der Waals surface area contributed by atoms with E-state index in [1.165, 1.54) is 59.6 Å². The van der Waals surface area contributed by atoms with Gasteiger partial charge in [0.2, 0.25) is 12.6 Å². The monoisotopic (exact) mass is 720 g/mol. The topological polar surface area (TPSA) is 224 Å². The number of ether oxygens (including phenoxy) is 10. The Kier molecular flexibility index (Phi) is 12.2. The van der Waals surface area contributed by atoms with Crippen LogP contribution in [0.5, 0.6) is 23.0 Å². The Morgan fingerprint density at radius 3 is 1.94 bits per heavy atom. The lowest BCUT2D eigenvalue weighted by Crippen LogP contribution is -2.36. The lowest BCUT2D eigenvalue weighted by Gasteiger charge is -2.22. The molecule has 3 aliphatic heterocycles. The Morgan fingerprint density at radius 1 is 0.765 bits per heavy atom. The normalized spacial score (nSPS) is 29.7. The predicted molar refractivity (Wildman–Crippen MR) is 170 cm³/mol. The standard InChI is InChI=1S/C34H40O17/c1-15(35)46-19-8-7-17(12-20(19)44-4)30-25(32(41)51-34-29(40)27(38)23(48-34)14-43-3)18-10-16(11-21(45-5)31(18)50-30)6-9-24(36)49-33-28(39)26(37)22(47-33)13-42-2/h6-12,22-23,25-30,33-34,37-40H,13-14H2,1-5H3/b9-6+/t22-,23-,25?,26-,27-,28+,29+,30?,33-,34-/m0/s1. The SMILES string of the molecule is COC[C@@H]1O[C@@H](OC(=O)/C=C/c2cc(OC)c3c(c2)C(C(=O)O[C@@H]2O[C@@H](COC)[C@H](O)[C@H]2O)C(c2ccc(OC(C)=O)c(OC)c2)O3)[C@H](O)[C@H]1O. The van der Waals surface area contributed by atoms with Gasteiger partial charge < -0.3 is 67.8 Å². The molecule has 4 N–H and O–H groups in total. The number of benzene rings is 2. The van der Waals surface area contributed by atoms with E-state index < -0.39 is 79.1 Å². The largest absolute Gasteiger partial charge is 0.493 e. The quantitative estimate of drug-likeness (QED) is 0.123. The van der Waals surface area contributed by atoms with Gasteiger partial charge in [0.25, 0.3) is 0 Å². The third kappa shape index (κ3) is 8.10. The van der Waals surface area contributed by atoms with Gasteiger partial charge in [-0.3, -0.25) is 9.59 Å². The second-order valence-corrected chi connectivity index (χ2v) is 11.8. The Hall–Kier alpha value is -4.33. The Morgan fingerprint density at radius 2 is 1.37 bits per heavy atom. The fourth-order valence-corrected chi connectivity index (χ4v) is 5.95. The number of carbonyl (C=O) groups is 3. The average Bonchev–Trinajstić information content (AvgIpc) is 3.71. The molecule has 0 bridgehead atoms. The van der Waals surface area contributed by atoms with E-state index in [1.807, 2.05) is 0 Å². The molecule has 51 heavy (non-hydrogen) atoms. The van der Waals surface area contributed by atoms with Crippen molar-refractivity contribution in [1.29, 1.82) is 0 Å². The summed E-state index contributed by atoms with van der Waals surface area (Å²) >= 11 is 0. The summed E-state index contributed by atoms with van der Waals surface area (Å²) in [6, 6.07) is 7.63. The fraction of sp³-hybridized carbons (Fsp3) is 0.500. The van der Waals surface area contributed by atoms with Crippen LogP contribution in [0.3, 0.4) is 0 Å². The van der Waals surface area contributed by atoms with Crippen LogP contribution in [-0.2, 0) is 42.8 Å². The zero-order valence-electron chi connectivity index (χ0n) is 28.3. The first kappa shape index (κ1) is 37.9. The van der Waals surface area contributed by atoms with Crippen LogP contribution in [0.2, 0.25) is 0 Å². The minimum absolute atomic E-state index is 0.0348. The maximum Gasteiger partial charge on any atom is 0.333 e. The van der Waals surface area contributed by atoms with Crippen LogP contribution in [0, 0.1) is 0 Å². The summed E-state index contributed by atoms with van der Waals surface area (Å²) < 4.78 is 54.3. The molecule has 10 atom stereocenters. The molecule has 2 aromatic rings. The van der Waals surface area contributed by atoms with E-state index in [4.69, 9.17) is 47.4 Å². The summed E-state index contributed by atoms with van der Waals surface area (Å²) in [6.07, 6.45) is -9.36. The molecule has 17 nitrogen and oxygen atoms in total. The molecule has 2 unspecified atom stereocenters. The van der Waals surface area contributed by atoms with Crippen molar-refractivity contribution in [1.82, 2.24) is 0 Å². The minimum atomic E-state index is -1.58. The fourth-order valence-electron chi connectivity index (χ4n) is 5.95. The lowest BCUT2D eigenvalue weighted by atomic mass is 9.89. The van der Waals surface area contributed by atoms with E-state index >= 15 is 0 Å². The number of hydrogen-bond donors (Lipinski definition) is 4. The molecule has 0 saturated carbocycles. The number of rotatable bonds is 13. The van der Waals surface area contributed by atoms with Gasteiger partial charge in [0.15, 0.2) is 23.0 Å². The molecule has 0 aromatic heterocycles. The van der Waals surface area contributed by atoms with Crippen molar-refractivity contribution < 1.29 is 82.2 Å². The van der Waals surface area contributed by atoms with E-state index in [0.29, 0.717) is 11.1 Å². The van der Waals surface area contributed by atoms with Crippen molar-refractivity contribution in [2.75, 3.05) is 41.7 Å². The summed E-state index contributed by atoms with van der Waals surface area (Å²) in [4.78, 5) is 38.4. The zero-order valence-corrected chi connectivity index (χ0v) is 28.3. The van der Waals surface area contributed by atoms with Gasteiger partial charge in [0.05, 0.1) is 27.4 Å². The second-order valence-electron chi connectivity index (χ2n) is 11.8. The first-order valence-electron chi connectivity index (χ1n) is 15.8. The van der Waals surface area contributed by atoms with Crippen molar-refractivity contribution in [3.63, 3.8) is 0 Å². The molecule has 2 fully saturated rings. The van der Waals surface area contributed by atoms with E-state index in [9.17, 15) is 34.8 Å². The van der Waals surface area contributed by atoms with E-state index in [1.54, 1.807) is 12.1 Å². The van der Waals surface area contributed by atoms with Crippen LogP contribution < -0.4 is 18.9 Å². The van der Waals surface area contributed by atoms with E-state index in [0.717, 1.165) is 6.08 Å². The highest BCUT2D eigenvalue weighted by molar-refractivity contribution is 5.88. The van der Waals surface area contributed by atoms with Gasteiger partial charge in [-0.1, -0.05) is 6.07 Å². The van der Waals surface area contributed by atoms with Crippen molar-refractivity contribution in [2.45, 2.75) is 68.1 Å². The van der Waals surface area contributed by atoms with Gasteiger partial charge in [-0.15, -0.1) is 0 Å². The summed E-state index contributed by atoms with van der Waals surface area (Å²) in [5.74, 6) is -3.00. The molecule has 3 aliphatic rings. The second kappa shape index (κ2) is 16.3. The maximum atomic E-state index is 14.0. The van der Waals surface area contributed by atoms with Crippen molar-refractivity contribution in [3.8, 4) is 23.0 Å². The number of hydrogen-bond acceptors (Lipinski definition) is 17. The highest BCUT2D eigenvalue weighted by Crippen LogP contribution is 2.52. The van der Waals surface area contributed by atoms with Crippen LogP contribution in [0.15, 0.2) is 36.4 Å². The maximum absolute atomic E-state index is 14.0. The molecule has 0 radical (unpaired) electrons. The lowest BCUT2D eigenvalue weighted by molar-refractivity contribution is -0.193. The molecule has 2 saturated heterocycles. The smallest absolute Gasteiger partial charge is 0.333 e. The third-order valence-electron chi connectivity index (χ3n) is 8.41. The summed E-state index contributed by atoms with van der Waals surface area (Å²) in [5, 5.41) is 41.4. The van der Waals surface area contributed by atoms with Crippen molar-refractivity contribution in [3.05, 3.63) is 53.1 Å². The number of carbonyl (C=O) groups excluding carboxylic acids is 3. The molecule has 0 spiro atoms. The molecule has 0 amide bonds. The van der Waals surface area contributed by atoms with E-state index in [2.05, 4.69) is 0 Å². The molecule has 2 aromatic carbocycles. The van der Waals surface area contributed by atoms with Crippen molar-refractivity contribution in [2.24, 2.45) is 0 Å². The van der Waals surface area contributed by atoms with Gasteiger partial charge in [0.1, 0.15) is 48.6 Å². The molecule has 5 rings (SSSR count). The van der Waals surface area contributed by atoms with E-state index in [-0.39, 0.29) is 41.8 Å². The van der Waals surface area contributed by atoms with Gasteiger partial charge in [-0.05, 0) is 41.5 Å². The van der Waals surface area contributed by atoms with Crippen LogP contribution in [-0.4, -0.2) is 129 Å². The molecular weight excluding hydrogens is 680 g/mol. The number of fused-ring (bicyclic) bond motifs is 1. The molecule has 3 heterocycles. The third-order valence-corrected chi connectivity index (χ3v) is 8.41. The Balaban J connectivity index is 1.46. The number of esters is 3. The summed E-state index contributed by atoms with van der Waals surface area (Å²) in [6.45, 7) is 1.12. The highest BCUT2D eigenvalue weighted by Gasteiger charge is 2.49. The average molecular weight is 721 g/mol. The van der Waals surface area contributed by atoms with Crippen molar-refractivity contribution >= 4 is 24.0 Å². The minimum Gasteiger partial charge on any atom is -0.493 e. The predicted octanol–water partition coefficient (Wildman–Crippen LogP) is 0.132. The number of aliphatic hydroxyl groups is 4. The van der Waals surface area contributed by atoms with Gasteiger partial charge >= 0.3 is 17.9 Å². The highest BCUT2D eigenvalue weighted by atomic mass is 16.7. The van der Waals surface area contributed by atoms with Crippen LogP contribution in [0.25, 0.3) is 6.08 Å². The molecule has 278 valence electrons. The zero-order chi connectivity index (χ0) is 37.0. The summed E-state index contributed by atoms with van der Waals surface area (Å²) in [5.41, 5.74) is 1.02. The van der Waals surface area contributed by atoms with Gasteiger partial charge in [0, 0.05) is 32.8 Å². The molecule has 0 aliphatic carbocycles. The van der Waals surface area contributed by atoms with Crippen LogP contribution in [0.4, 0.5) is 0 Å². The molecular formula is C34H40O17. The Bertz CT molecular complexity index is 1610. The number of aliphatic hydroxyl groups excluding tert-OH is 4. The Labute approximate surface area is 292 Å². The first-order valence-corrected chi connectivity index (χ1v) is 15.8. The van der Waals surface area contributed by atoms with Gasteiger partial charge in [-0.25, -0.2) is 4.79 Å². The van der Waals surface area contributed by atoms with Crippen LogP contribution >= 0.6 is 0 Å². The number of methoxy groups -OCH3 is 4. The molecule has 17 heteroatoms. The van der Waals surface area contributed by atoms with Crippen LogP contribution in [0.1, 0.15) is 35.6 Å². The van der Waals surface area contributed by atoms with Gasteiger partial charge in [-0.2, -0.15) is 0 Å².